The van der Waals surface area contributed by atoms with Crippen molar-refractivity contribution in [1.82, 2.24) is 4.72 Å². The molecule has 0 radical (unpaired) electrons. The Balaban J connectivity index is 2.09. The van der Waals surface area contributed by atoms with E-state index in [9.17, 15) is 8.42 Å². The molecule has 0 bridgehead atoms. The largest absolute Gasteiger partial charge is 0.398 e. The first-order valence-corrected chi connectivity index (χ1v) is 7.94. The van der Waals surface area contributed by atoms with Gasteiger partial charge in [0, 0.05) is 6.54 Å². The predicted octanol–water partition coefficient (Wildman–Crippen LogP) is 2.44. The zero-order valence-electron chi connectivity index (χ0n) is 10.7. The second-order valence-electron chi connectivity index (χ2n) is 4.29. The highest BCUT2D eigenvalue weighted by molar-refractivity contribution is 7.89. The predicted molar refractivity (Wildman–Crippen MR) is 81.2 cm³/mol. The van der Waals surface area contributed by atoms with E-state index in [1.807, 2.05) is 30.3 Å². The van der Waals surface area contributed by atoms with Crippen LogP contribution in [-0.2, 0) is 16.4 Å². The smallest absolute Gasteiger partial charge is 0.244 e. The van der Waals surface area contributed by atoms with E-state index in [0.717, 1.165) is 5.56 Å². The molecule has 2 aromatic rings. The maximum Gasteiger partial charge on any atom is 0.244 e. The van der Waals surface area contributed by atoms with Crippen molar-refractivity contribution in [3.05, 3.63) is 59.1 Å². The van der Waals surface area contributed by atoms with Crippen molar-refractivity contribution < 1.29 is 8.42 Å². The molecule has 20 heavy (non-hydrogen) atoms. The number of hydrogen-bond donors (Lipinski definition) is 2. The van der Waals surface area contributed by atoms with Gasteiger partial charge >= 0.3 is 0 Å². The molecule has 0 fully saturated rings. The lowest BCUT2D eigenvalue weighted by molar-refractivity contribution is 0.582. The summed E-state index contributed by atoms with van der Waals surface area (Å²) in [4.78, 5) is -0.0604. The van der Waals surface area contributed by atoms with E-state index in [2.05, 4.69) is 4.72 Å². The fourth-order valence-electron chi connectivity index (χ4n) is 1.86. The van der Waals surface area contributed by atoms with Gasteiger partial charge in [-0.3, -0.25) is 0 Å². The zero-order valence-corrected chi connectivity index (χ0v) is 12.3. The van der Waals surface area contributed by atoms with Gasteiger partial charge in [-0.25, -0.2) is 13.1 Å². The molecule has 0 saturated carbocycles. The van der Waals surface area contributed by atoms with E-state index >= 15 is 0 Å². The van der Waals surface area contributed by atoms with Gasteiger partial charge in [-0.05, 0) is 24.1 Å². The first kappa shape index (κ1) is 14.8. The molecule has 0 spiro atoms. The number of halogens is 1. The lowest BCUT2D eigenvalue weighted by atomic mass is 10.2. The number of nitrogens with two attached hydrogens (primary N) is 1. The van der Waals surface area contributed by atoms with Crippen LogP contribution in [0.2, 0.25) is 5.02 Å². The third kappa shape index (κ3) is 3.50. The molecule has 0 heterocycles. The van der Waals surface area contributed by atoms with Crippen molar-refractivity contribution in [2.24, 2.45) is 0 Å². The van der Waals surface area contributed by atoms with Gasteiger partial charge < -0.3 is 5.73 Å². The highest BCUT2D eigenvalue weighted by atomic mass is 35.5. The number of nitrogens with one attached hydrogen (secondary N) is 1. The first-order valence-electron chi connectivity index (χ1n) is 6.08. The summed E-state index contributed by atoms with van der Waals surface area (Å²) in [5.41, 5.74) is 6.89. The SMILES string of the molecule is Nc1cccc(Cl)c1S(=O)(=O)NCCc1ccccc1. The fourth-order valence-corrected chi connectivity index (χ4v) is 3.56. The number of nitrogen functional groups attached to an aromatic ring is 1. The summed E-state index contributed by atoms with van der Waals surface area (Å²) in [6.07, 6.45) is 0.602. The number of anilines is 1. The maximum absolute atomic E-state index is 12.2. The summed E-state index contributed by atoms with van der Waals surface area (Å²) in [7, 11) is -3.70. The zero-order chi connectivity index (χ0) is 14.6. The minimum atomic E-state index is -3.70. The van der Waals surface area contributed by atoms with Crippen LogP contribution in [0, 0.1) is 0 Å². The van der Waals surface area contributed by atoms with Gasteiger partial charge in [-0.2, -0.15) is 0 Å². The highest BCUT2D eigenvalue weighted by Gasteiger charge is 2.20. The van der Waals surface area contributed by atoms with Crippen molar-refractivity contribution in [2.75, 3.05) is 12.3 Å². The Bertz CT molecular complexity index is 667. The van der Waals surface area contributed by atoms with Gasteiger partial charge in [0.2, 0.25) is 10.0 Å². The van der Waals surface area contributed by atoms with Crippen LogP contribution in [0.5, 0.6) is 0 Å². The third-order valence-electron chi connectivity index (χ3n) is 2.81. The summed E-state index contributed by atoms with van der Waals surface area (Å²) >= 11 is 5.91. The fraction of sp³-hybridized carbons (Fsp3) is 0.143. The van der Waals surface area contributed by atoms with Crippen molar-refractivity contribution in [2.45, 2.75) is 11.3 Å². The molecule has 0 aliphatic carbocycles. The molecule has 2 aromatic carbocycles. The molecule has 0 atom stereocenters. The average Bonchev–Trinajstić information content (AvgIpc) is 2.39. The van der Waals surface area contributed by atoms with Crippen LogP contribution in [0.1, 0.15) is 5.56 Å². The van der Waals surface area contributed by atoms with E-state index in [1.54, 1.807) is 6.07 Å². The molecule has 0 saturated heterocycles. The molecule has 6 heteroatoms. The van der Waals surface area contributed by atoms with E-state index < -0.39 is 10.0 Å². The van der Waals surface area contributed by atoms with Crippen LogP contribution >= 0.6 is 11.6 Å². The molecule has 0 amide bonds. The van der Waals surface area contributed by atoms with Gasteiger partial charge in [0.15, 0.2) is 0 Å². The van der Waals surface area contributed by atoms with Crippen LogP contribution in [-0.4, -0.2) is 15.0 Å². The van der Waals surface area contributed by atoms with Gasteiger partial charge in [-0.15, -0.1) is 0 Å². The standard InChI is InChI=1S/C14H15ClN2O2S/c15-12-7-4-8-13(16)14(12)20(18,19)17-10-9-11-5-2-1-3-6-11/h1-8,17H,9-10,16H2. The molecule has 0 unspecified atom stereocenters. The lowest BCUT2D eigenvalue weighted by Crippen LogP contribution is -2.27. The normalized spacial score (nSPS) is 11.4. The van der Waals surface area contributed by atoms with E-state index in [1.165, 1.54) is 12.1 Å². The second-order valence-corrected chi connectivity index (χ2v) is 6.40. The van der Waals surface area contributed by atoms with Crippen LogP contribution in [0.4, 0.5) is 5.69 Å². The van der Waals surface area contributed by atoms with Crippen LogP contribution in [0.3, 0.4) is 0 Å². The summed E-state index contributed by atoms with van der Waals surface area (Å²) in [6, 6.07) is 14.3. The third-order valence-corrected chi connectivity index (χ3v) is 4.82. The van der Waals surface area contributed by atoms with Crippen molar-refractivity contribution in [3.8, 4) is 0 Å². The summed E-state index contributed by atoms with van der Waals surface area (Å²) < 4.78 is 26.9. The Morgan fingerprint density at radius 3 is 2.40 bits per heavy atom. The highest BCUT2D eigenvalue weighted by Crippen LogP contribution is 2.26. The molecule has 0 aromatic heterocycles. The Labute approximate surface area is 123 Å². The summed E-state index contributed by atoms with van der Waals surface area (Å²) in [5, 5.41) is 0.122. The quantitative estimate of drug-likeness (QED) is 0.833. The number of hydrogen-bond acceptors (Lipinski definition) is 3. The minimum absolute atomic E-state index is 0.0604. The second kappa shape index (κ2) is 6.26. The Morgan fingerprint density at radius 2 is 1.75 bits per heavy atom. The Kier molecular flexibility index (Phi) is 4.65. The van der Waals surface area contributed by atoms with E-state index in [-0.39, 0.29) is 22.2 Å². The van der Waals surface area contributed by atoms with Crippen molar-refractivity contribution >= 4 is 27.3 Å². The minimum Gasteiger partial charge on any atom is -0.398 e. The molecule has 0 aliphatic rings. The van der Waals surface area contributed by atoms with Crippen molar-refractivity contribution in [1.29, 1.82) is 0 Å². The van der Waals surface area contributed by atoms with Gasteiger partial charge in [0.1, 0.15) is 4.90 Å². The summed E-state index contributed by atoms with van der Waals surface area (Å²) in [6.45, 7) is 0.289. The molecule has 0 aliphatic heterocycles. The number of rotatable bonds is 5. The Morgan fingerprint density at radius 1 is 1.05 bits per heavy atom. The Hall–Kier alpha value is -1.56. The molecular formula is C14H15ClN2O2S. The maximum atomic E-state index is 12.2. The van der Waals surface area contributed by atoms with E-state index in [0.29, 0.717) is 6.42 Å². The molecule has 106 valence electrons. The van der Waals surface area contributed by atoms with Gasteiger partial charge in [0.25, 0.3) is 0 Å². The van der Waals surface area contributed by atoms with Crippen LogP contribution in [0.15, 0.2) is 53.4 Å². The van der Waals surface area contributed by atoms with Crippen LogP contribution in [0.25, 0.3) is 0 Å². The van der Waals surface area contributed by atoms with E-state index in [4.69, 9.17) is 17.3 Å². The van der Waals surface area contributed by atoms with Gasteiger partial charge in [0.05, 0.1) is 10.7 Å². The molecule has 3 N–H and O–H groups in total. The molecule has 4 nitrogen and oxygen atoms in total. The molecule has 2 rings (SSSR count). The van der Waals surface area contributed by atoms with Crippen molar-refractivity contribution in [3.63, 3.8) is 0 Å². The van der Waals surface area contributed by atoms with Gasteiger partial charge in [-0.1, -0.05) is 48.0 Å². The number of sulfonamides is 1. The first-order chi connectivity index (χ1) is 9.50. The number of benzene rings is 2. The summed E-state index contributed by atoms with van der Waals surface area (Å²) in [5.74, 6) is 0. The average molecular weight is 311 g/mol. The monoisotopic (exact) mass is 310 g/mol. The molecular weight excluding hydrogens is 296 g/mol. The lowest BCUT2D eigenvalue weighted by Gasteiger charge is -2.10. The van der Waals surface area contributed by atoms with Crippen LogP contribution < -0.4 is 10.5 Å². The topological polar surface area (TPSA) is 72.2 Å².